The van der Waals surface area contributed by atoms with Crippen molar-refractivity contribution in [3.63, 3.8) is 0 Å². The fourth-order valence-electron chi connectivity index (χ4n) is 3.07. The predicted molar refractivity (Wildman–Crippen MR) is 64.8 cm³/mol. The second-order valence-electron chi connectivity index (χ2n) is 5.92. The van der Waals surface area contributed by atoms with Gasteiger partial charge in [-0.3, -0.25) is 9.59 Å². The van der Waals surface area contributed by atoms with Gasteiger partial charge in [0.15, 0.2) is 0 Å². The lowest BCUT2D eigenvalue weighted by Gasteiger charge is -2.39. The van der Waals surface area contributed by atoms with Crippen LogP contribution >= 0.6 is 0 Å². The number of hydrogen-bond acceptors (Lipinski definition) is 3. The number of carbonyl (C=O) groups excluding carboxylic acids is 1. The van der Waals surface area contributed by atoms with Crippen LogP contribution in [0.3, 0.4) is 0 Å². The minimum absolute atomic E-state index is 0.0620. The summed E-state index contributed by atoms with van der Waals surface area (Å²) in [6.45, 7) is 2.06. The maximum atomic E-state index is 12.0. The van der Waals surface area contributed by atoms with E-state index in [4.69, 9.17) is 5.11 Å². The summed E-state index contributed by atoms with van der Waals surface area (Å²) in [7, 11) is 0. The Kier molecular flexibility index (Phi) is 3.61. The van der Waals surface area contributed by atoms with Gasteiger partial charge in [-0.15, -0.1) is 0 Å². The largest absolute Gasteiger partial charge is 0.481 e. The summed E-state index contributed by atoms with van der Waals surface area (Å²) in [5.74, 6) is -1.54. The van der Waals surface area contributed by atoms with Crippen LogP contribution in [-0.4, -0.2) is 34.2 Å². The normalized spacial score (nSPS) is 39.1. The Labute approximate surface area is 107 Å². The molecule has 1 amide bonds. The zero-order valence-electron chi connectivity index (χ0n) is 10.7. The summed E-state index contributed by atoms with van der Waals surface area (Å²) in [6, 6.07) is 0. The zero-order valence-corrected chi connectivity index (χ0v) is 10.7. The fourth-order valence-corrected chi connectivity index (χ4v) is 3.07. The summed E-state index contributed by atoms with van der Waals surface area (Å²) < 4.78 is 0. The van der Waals surface area contributed by atoms with E-state index in [1.54, 1.807) is 0 Å². The van der Waals surface area contributed by atoms with E-state index in [0.29, 0.717) is 12.3 Å². The minimum Gasteiger partial charge on any atom is -0.481 e. The van der Waals surface area contributed by atoms with Gasteiger partial charge >= 0.3 is 5.97 Å². The quantitative estimate of drug-likeness (QED) is 0.692. The van der Waals surface area contributed by atoms with Crippen LogP contribution in [0.15, 0.2) is 0 Å². The van der Waals surface area contributed by atoms with E-state index in [-0.39, 0.29) is 12.5 Å². The molecule has 2 aliphatic rings. The third-order valence-electron chi connectivity index (χ3n) is 4.23. The molecule has 2 fully saturated rings. The molecule has 2 rings (SSSR count). The summed E-state index contributed by atoms with van der Waals surface area (Å²) >= 11 is 0. The maximum absolute atomic E-state index is 12.0. The van der Waals surface area contributed by atoms with Crippen molar-refractivity contribution in [3.05, 3.63) is 0 Å². The SMILES string of the molecule is CC1CCCC(CO)(NC(=O)C2CC2C(=O)O)C1. The molecule has 0 aliphatic heterocycles. The molecule has 0 saturated heterocycles. The van der Waals surface area contributed by atoms with Gasteiger partial charge in [0.05, 0.1) is 24.0 Å². The van der Waals surface area contributed by atoms with Crippen LogP contribution in [0.2, 0.25) is 0 Å². The number of amides is 1. The van der Waals surface area contributed by atoms with E-state index in [2.05, 4.69) is 12.2 Å². The summed E-state index contributed by atoms with van der Waals surface area (Å²) in [5, 5.41) is 21.3. The molecule has 102 valence electrons. The van der Waals surface area contributed by atoms with Crippen LogP contribution in [0.25, 0.3) is 0 Å². The minimum atomic E-state index is -0.898. The van der Waals surface area contributed by atoms with Gasteiger partial charge in [-0.2, -0.15) is 0 Å². The average molecular weight is 255 g/mol. The Hall–Kier alpha value is -1.10. The molecule has 4 atom stereocenters. The molecule has 5 heteroatoms. The monoisotopic (exact) mass is 255 g/mol. The van der Waals surface area contributed by atoms with Crippen molar-refractivity contribution in [2.45, 2.75) is 44.6 Å². The Bertz CT molecular complexity index is 357. The van der Waals surface area contributed by atoms with Crippen molar-refractivity contribution >= 4 is 11.9 Å². The van der Waals surface area contributed by atoms with Gasteiger partial charge in [-0.25, -0.2) is 0 Å². The number of hydrogen-bond donors (Lipinski definition) is 3. The number of aliphatic hydroxyl groups is 1. The Morgan fingerprint density at radius 2 is 2.11 bits per heavy atom. The molecule has 0 bridgehead atoms. The molecule has 3 N–H and O–H groups in total. The molecule has 0 spiro atoms. The standard InChI is InChI=1S/C13H21NO4/c1-8-3-2-4-13(6-8,7-15)14-11(16)9-5-10(9)12(17)18/h8-10,15H,2-7H2,1H3,(H,14,16)(H,17,18). The van der Waals surface area contributed by atoms with Gasteiger partial charge < -0.3 is 15.5 Å². The van der Waals surface area contributed by atoms with Gasteiger partial charge in [0.1, 0.15) is 0 Å². The van der Waals surface area contributed by atoms with Crippen LogP contribution in [0, 0.1) is 17.8 Å². The Balaban J connectivity index is 1.94. The highest BCUT2D eigenvalue weighted by Gasteiger charge is 2.50. The van der Waals surface area contributed by atoms with E-state index < -0.39 is 23.3 Å². The lowest BCUT2D eigenvalue weighted by molar-refractivity contribution is -0.140. The maximum Gasteiger partial charge on any atom is 0.307 e. The average Bonchev–Trinajstić information content (AvgIpc) is 3.09. The number of aliphatic hydroxyl groups excluding tert-OH is 1. The molecule has 2 aliphatic carbocycles. The molecule has 0 aromatic heterocycles. The van der Waals surface area contributed by atoms with Gasteiger partial charge in [0, 0.05) is 0 Å². The van der Waals surface area contributed by atoms with E-state index in [1.165, 1.54) is 0 Å². The van der Waals surface area contributed by atoms with Crippen LogP contribution in [0.4, 0.5) is 0 Å². The van der Waals surface area contributed by atoms with Crippen molar-refractivity contribution in [3.8, 4) is 0 Å². The zero-order chi connectivity index (χ0) is 13.3. The van der Waals surface area contributed by atoms with Crippen molar-refractivity contribution in [2.75, 3.05) is 6.61 Å². The van der Waals surface area contributed by atoms with Gasteiger partial charge in [0.25, 0.3) is 0 Å². The molecule has 0 aromatic carbocycles. The summed E-state index contributed by atoms with van der Waals surface area (Å²) in [6.07, 6.45) is 4.11. The Morgan fingerprint density at radius 1 is 1.39 bits per heavy atom. The number of aliphatic carboxylic acids is 1. The molecular weight excluding hydrogens is 234 g/mol. The van der Waals surface area contributed by atoms with Gasteiger partial charge in [0.2, 0.25) is 5.91 Å². The predicted octanol–water partition coefficient (Wildman–Crippen LogP) is 0.764. The van der Waals surface area contributed by atoms with Gasteiger partial charge in [-0.1, -0.05) is 19.8 Å². The van der Waals surface area contributed by atoms with Crippen LogP contribution < -0.4 is 5.32 Å². The third kappa shape index (κ3) is 2.66. The molecule has 18 heavy (non-hydrogen) atoms. The van der Waals surface area contributed by atoms with E-state index in [9.17, 15) is 14.7 Å². The highest BCUT2D eigenvalue weighted by molar-refractivity contribution is 5.89. The number of carbonyl (C=O) groups is 2. The van der Waals surface area contributed by atoms with Crippen LogP contribution in [-0.2, 0) is 9.59 Å². The van der Waals surface area contributed by atoms with E-state index in [1.807, 2.05) is 0 Å². The summed E-state index contributed by atoms with van der Waals surface area (Å²) in [4.78, 5) is 22.7. The van der Waals surface area contributed by atoms with Crippen LogP contribution in [0.1, 0.15) is 39.0 Å². The van der Waals surface area contributed by atoms with Crippen molar-refractivity contribution in [1.29, 1.82) is 0 Å². The number of carboxylic acids is 1. The molecule has 5 nitrogen and oxygen atoms in total. The number of rotatable bonds is 4. The van der Waals surface area contributed by atoms with Crippen LogP contribution in [0.5, 0.6) is 0 Å². The van der Waals surface area contributed by atoms with Gasteiger partial charge in [-0.05, 0) is 25.2 Å². The van der Waals surface area contributed by atoms with Crippen molar-refractivity contribution in [1.82, 2.24) is 5.32 Å². The molecule has 4 unspecified atom stereocenters. The lowest BCUT2D eigenvalue weighted by atomic mass is 9.76. The van der Waals surface area contributed by atoms with Crippen molar-refractivity contribution in [2.24, 2.45) is 17.8 Å². The smallest absolute Gasteiger partial charge is 0.307 e. The first-order valence-electron chi connectivity index (χ1n) is 6.63. The van der Waals surface area contributed by atoms with E-state index in [0.717, 1.165) is 25.7 Å². The highest BCUT2D eigenvalue weighted by atomic mass is 16.4. The molecule has 0 radical (unpaired) electrons. The lowest BCUT2D eigenvalue weighted by Crippen LogP contribution is -2.54. The number of nitrogens with one attached hydrogen (secondary N) is 1. The first kappa shape index (κ1) is 13.3. The summed E-state index contributed by atoms with van der Waals surface area (Å²) in [5.41, 5.74) is -0.527. The highest BCUT2D eigenvalue weighted by Crippen LogP contribution is 2.40. The van der Waals surface area contributed by atoms with Crippen molar-refractivity contribution < 1.29 is 19.8 Å². The number of carboxylic acid groups (broad SMARTS) is 1. The Morgan fingerprint density at radius 3 is 2.61 bits per heavy atom. The molecule has 2 saturated carbocycles. The first-order valence-corrected chi connectivity index (χ1v) is 6.63. The second kappa shape index (κ2) is 4.88. The molecular formula is C13H21NO4. The molecule has 0 aromatic rings. The second-order valence-corrected chi connectivity index (χ2v) is 5.92. The van der Waals surface area contributed by atoms with E-state index >= 15 is 0 Å². The third-order valence-corrected chi connectivity index (χ3v) is 4.23. The first-order chi connectivity index (χ1) is 8.47. The molecule has 0 heterocycles. The topological polar surface area (TPSA) is 86.6 Å². The fraction of sp³-hybridized carbons (Fsp3) is 0.846.